The van der Waals surface area contributed by atoms with Gasteiger partial charge in [0.15, 0.2) is 11.5 Å². The average Bonchev–Trinajstić information content (AvgIpc) is 3.70. The third-order valence-electron chi connectivity index (χ3n) is 8.17. The van der Waals surface area contributed by atoms with Crippen molar-refractivity contribution < 1.29 is 24.1 Å². The number of hydrogen-bond acceptors (Lipinski definition) is 6. The van der Waals surface area contributed by atoms with Crippen LogP contribution in [0.3, 0.4) is 0 Å². The molecule has 1 aliphatic rings. The Labute approximate surface area is 231 Å². The van der Waals surface area contributed by atoms with Gasteiger partial charge in [0.1, 0.15) is 0 Å². The lowest BCUT2D eigenvalue weighted by molar-refractivity contribution is -0.129. The highest BCUT2D eigenvalue weighted by Crippen LogP contribution is 2.39. The molecule has 1 aliphatic carbocycles. The van der Waals surface area contributed by atoms with Gasteiger partial charge in [-0.1, -0.05) is 33.8 Å². The second kappa shape index (κ2) is 15.1. The van der Waals surface area contributed by atoms with Crippen molar-refractivity contribution in [3.63, 3.8) is 0 Å². The van der Waals surface area contributed by atoms with E-state index >= 15 is 0 Å². The number of carbonyl (C=O) groups excluding carboxylic acids is 1. The number of nitrogens with two attached hydrogens (primary N) is 1. The number of hydrogen-bond donors (Lipinski definition) is 3. The summed E-state index contributed by atoms with van der Waals surface area (Å²) in [6, 6.07) is 5.65. The van der Waals surface area contributed by atoms with E-state index in [1.54, 1.807) is 14.2 Å². The molecule has 1 saturated carbocycles. The van der Waals surface area contributed by atoms with Crippen LogP contribution in [-0.4, -0.2) is 56.1 Å². The molecule has 1 aromatic rings. The van der Waals surface area contributed by atoms with Gasteiger partial charge in [0.25, 0.3) is 0 Å². The van der Waals surface area contributed by atoms with Crippen LogP contribution in [0.5, 0.6) is 11.5 Å². The average molecular weight is 535 g/mol. The van der Waals surface area contributed by atoms with Crippen molar-refractivity contribution >= 4 is 5.91 Å². The summed E-state index contributed by atoms with van der Waals surface area (Å²) in [7, 11) is 3.33. The summed E-state index contributed by atoms with van der Waals surface area (Å²) in [5, 5.41) is 14.4. The Hall–Kier alpha value is -1.83. The van der Waals surface area contributed by atoms with Crippen molar-refractivity contribution in [3.8, 4) is 11.5 Å². The number of carbonyl (C=O) groups is 1. The molecule has 0 bridgehead atoms. The van der Waals surface area contributed by atoms with Crippen LogP contribution in [0.1, 0.15) is 79.2 Å². The molecule has 38 heavy (non-hydrogen) atoms. The van der Waals surface area contributed by atoms with Crippen molar-refractivity contribution in [2.75, 3.05) is 27.4 Å². The standard InChI is InChI=1S/C31H54N2O5/c1-20(2)23(16-22-10-13-28(37-8)29(17-22)38-15-9-14-36-7)18-26(32)27(34)19-25(21(3)4)30(35)33-31(5,6)24-11-12-24/h10,13,17,20-21,23-27,34H,9,11-12,14-16,18-19,32H2,1-8H3,(H,33,35)/t23-,25-,26-,27-/m0/s1. The molecule has 1 amide bonds. The Balaban J connectivity index is 2.02. The van der Waals surface area contributed by atoms with Crippen molar-refractivity contribution in [1.82, 2.24) is 5.32 Å². The molecule has 7 nitrogen and oxygen atoms in total. The fraction of sp³-hybridized carbons (Fsp3) is 0.774. The number of benzene rings is 1. The Morgan fingerprint density at radius 2 is 1.76 bits per heavy atom. The largest absolute Gasteiger partial charge is 0.493 e. The van der Waals surface area contributed by atoms with Gasteiger partial charge >= 0.3 is 0 Å². The number of rotatable bonds is 18. The monoisotopic (exact) mass is 534 g/mol. The molecule has 2 rings (SSSR count). The van der Waals surface area contributed by atoms with Gasteiger partial charge < -0.3 is 30.4 Å². The highest BCUT2D eigenvalue weighted by atomic mass is 16.5. The molecule has 0 unspecified atom stereocenters. The highest BCUT2D eigenvalue weighted by molar-refractivity contribution is 5.79. The van der Waals surface area contributed by atoms with Gasteiger partial charge in [-0.3, -0.25) is 4.79 Å². The Kier molecular flexibility index (Phi) is 12.9. The number of ether oxygens (including phenoxy) is 3. The van der Waals surface area contributed by atoms with Gasteiger partial charge in [0.05, 0.1) is 19.8 Å². The molecule has 7 heteroatoms. The molecule has 0 aliphatic heterocycles. The quantitative estimate of drug-likeness (QED) is 0.230. The molecule has 0 saturated heterocycles. The third-order valence-corrected chi connectivity index (χ3v) is 8.17. The van der Waals surface area contributed by atoms with Gasteiger partial charge in [0, 0.05) is 37.6 Å². The van der Waals surface area contributed by atoms with Crippen LogP contribution in [0.4, 0.5) is 0 Å². The maximum absolute atomic E-state index is 13.2. The molecule has 0 aromatic heterocycles. The molecule has 1 aromatic carbocycles. The second-order valence-corrected chi connectivity index (χ2v) is 12.4. The molecule has 0 spiro atoms. The molecule has 4 N–H and O–H groups in total. The maximum Gasteiger partial charge on any atom is 0.223 e. The van der Waals surface area contributed by atoms with Gasteiger partial charge in [0.2, 0.25) is 5.91 Å². The van der Waals surface area contributed by atoms with E-state index in [4.69, 9.17) is 19.9 Å². The predicted octanol–water partition coefficient (Wildman–Crippen LogP) is 4.97. The van der Waals surface area contributed by atoms with E-state index in [1.807, 2.05) is 26.0 Å². The Morgan fingerprint density at radius 1 is 1.08 bits per heavy atom. The minimum atomic E-state index is -0.742. The summed E-state index contributed by atoms with van der Waals surface area (Å²) < 4.78 is 16.6. The SMILES string of the molecule is COCCCOc1cc(C[C@@H](C[C@H](N)[C@@H](O)C[C@H](C(=O)NC(C)(C)C2CC2)C(C)C)C(C)C)ccc1OC. The summed E-state index contributed by atoms with van der Waals surface area (Å²) in [5.41, 5.74) is 7.52. The topological polar surface area (TPSA) is 103 Å². The molecule has 4 atom stereocenters. The first-order chi connectivity index (χ1) is 17.9. The Morgan fingerprint density at radius 3 is 2.32 bits per heavy atom. The number of methoxy groups -OCH3 is 2. The third kappa shape index (κ3) is 10.0. The van der Waals surface area contributed by atoms with Crippen LogP contribution in [0.15, 0.2) is 18.2 Å². The van der Waals surface area contributed by atoms with Crippen LogP contribution in [0.25, 0.3) is 0 Å². The van der Waals surface area contributed by atoms with Gasteiger partial charge in [-0.15, -0.1) is 0 Å². The minimum absolute atomic E-state index is 0.0276. The number of aliphatic hydroxyl groups excluding tert-OH is 1. The zero-order valence-corrected chi connectivity index (χ0v) is 25.1. The van der Waals surface area contributed by atoms with Gasteiger partial charge in [-0.05, 0) is 87.3 Å². The minimum Gasteiger partial charge on any atom is -0.493 e. The predicted molar refractivity (Wildman–Crippen MR) is 154 cm³/mol. The normalized spacial score (nSPS) is 17.3. The van der Waals surface area contributed by atoms with Gasteiger partial charge in [-0.25, -0.2) is 0 Å². The van der Waals surface area contributed by atoms with Crippen molar-refractivity contribution in [2.45, 2.75) is 97.8 Å². The lowest BCUT2D eigenvalue weighted by atomic mass is 9.80. The first-order valence-electron chi connectivity index (χ1n) is 14.4. The van der Waals surface area contributed by atoms with Gasteiger partial charge in [-0.2, -0.15) is 0 Å². The van der Waals surface area contributed by atoms with E-state index in [9.17, 15) is 9.90 Å². The smallest absolute Gasteiger partial charge is 0.223 e. The van der Waals surface area contributed by atoms with E-state index in [0.717, 1.165) is 24.2 Å². The summed E-state index contributed by atoms with van der Waals surface area (Å²) in [6.45, 7) is 13.9. The molecule has 0 radical (unpaired) electrons. The first-order valence-corrected chi connectivity index (χ1v) is 14.4. The summed E-state index contributed by atoms with van der Waals surface area (Å²) in [6.07, 6.45) is 4.26. The van der Waals surface area contributed by atoms with Crippen molar-refractivity contribution in [2.24, 2.45) is 35.3 Å². The van der Waals surface area contributed by atoms with Crippen LogP contribution >= 0.6 is 0 Å². The number of aliphatic hydroxyl groups is 1. The maximum atomic E-state index is 13.2. The van der Waals surface area contributed by atoms with E-state index < -0.39 is 12.1 Å². The van der Waals surface area contributed by atoms with Crippen molar-refractivity contribution in [1.29, 1.82) is 0 Å². The number of amides is 1. The summed E-state index contributed by atoms with van der Waals surface area (Å²) in [4.78, 5) is 13.2. The fourth-order valence-corrected chi connectivity index (χ4v) is 5.18. The number of nitrogens with one attached hydrogen (secondary N) is 1. The molecule has 218 valence electrons. The lowest BCUT2D eigenvalue weighted by Crippen LogP contribution is -2.50. The van der Waals surface area contributed by atoms with Crippen LogP contribution in [0, 0.1) is 29.6 Å². The zero-order valence-electron chi connectivity index (χ0n) is 25.1. The molecular weight excluding hydrogens is 480 g/mol. The Bertz CT molecular complexity index is 853. The first kappa shape index (κ1) is 32.4. The highest BCUT2D eigenvalue weighted by Gasteiger charge is 2.40. The van der Waals surface area contributed by atoms with E-state index in [-0.39, 0.29) is 29.2 Å². The fourth-order valence-electron chi connectivity index (χ4n) is 5.18. The lowest BCUT2D eigenvalue weighted by Gasteiger charge is -2.33. The van der Waals surface area contributed by atoms with Crippen LogP contribution in [0.2, 0.25) is 0 Å². The van der Waals surface area contributed by atoms with E-state index in [0.29, 0.717) is 43.6 Å². The summed E-state index contributed by atoms with van der Waals surface area (Å²) in [5.74, 6) is 2.52. The second-order valence-electron chi connectivity index (χ2n) is 12.4. The zero-order chi connectivity index (χ0) is 28.5. The summed E-state index contributed by atoms with van der Waals surface area (Å²) >= 11 is 0. The molecule has 1 fully saturated rings. The van der Waals surface area contributed by atoms with Crippen molar-refractivity contribution in [3.05, 3.63) is 23.8 Å². The van der Waals surface area contributed by atoms with E-state index in [2.05, 4.69) is 39.1 Å². The van der Waals surface area contributed by atoms with Crippen LogP contribution in [-0.2, 0) is 16.0 Å². The van der Waals surface area contributed by atoms with E-state index in [1.165, 1.54) is 12.8 Å². The molecule has 0 heterocycles. The van der Waals surface area contributed by atoms with Crippen LogP contribution < -0.4 is 20.5 Å². The molecular formula is C31H54N2O5.